The van der Waals surface area contributed by atoms with Crippen molar-refractivity contribution in [3.8, 4) is 0 Å². The van der Waals surface area contributed by atoms with Gasteiger partial charge in [0.1, 0.15) is 16.8 Å². The monoisotopic (exact) mass is 364 g/mol. The summed E-state index contributed by atoms with van der Waals surface area (Å²) in [6, 6.07) is 0. The highest BCUT2D eigenvalue weighted by molar-refractivity contribution is 7.15. The van der Waals surface area contributed by atoms with Crippen molar-refractivity contribution in [3.05, 3.63) is 27.5 Å². The van der Waals surface area contributed by atoms with E-state index < -0.39 is 5.97 Å². The Morgan fingerprint density at radius 1 is 1.40 bits per heavy atom. The molecule has 0 aliphatic carbocycles. The third kappa shape index (κ3) is 3.57. The normalized spacial score (nSPS) is 16.8. The number of carbonyl (C=O) groups is 2. The van der Waals surface area contributed by atoms with Crippen LogP contribution in [0.15, 0.2) is 0 Å². The molecule has 1 atom stereocenters. The van der Waals surface area contributed by atoms with Gasteiger partial charge in [0.25, 0.3) is 5.91 Å². The zero-order valence-corrected chi connectivity index (χ0v) is 15.2. The van der Waals surface area contributed by atoms with E-state index in [4.69, 9.17) is 9.47 Å². The van der Waals surface area contributed by atoms with E-state index in [1.807, 2.05) is 0 Å². The highest BCUT2D eigenvalue weighted by Crippen LogP contribution is 2.32. The number of aromatic nitrogens is 3. The molecule has 1 fully saturated rings. The molecule has 3 rings (SSSR count). The molecule has 2 N–H and O–H groups in total. The van der Waals surface area contributed by atoms with Gasteiger partial charge in [-0.25, -0.2) is 4.79 Å². The number of amides is 1. The fraction of sp³-hybridized carbons (Fsp3) is 0.500. The first-order valence-electron chi connectivity index (χ1n) is 8.13. The van der Waals surface area contributed by atoms with Gasteiger partial charge in [0.05, 0.1) is 12.2 Å². The number of nitrogens with one attached hydrogen (secondary N) is 2. The number of anilines is 1. The number of esters is 1. The molecular weight excluding hydrogens is 344 g/mol. The van der Waals surface area contributed by atoms with Crippen LogP contribution in [0.3, 0.4) is 0 Å². The molecular formula is C16H20N4O4S. The average molecular weight is 364 g/mol. The van der Waals surface area contributed by atoms with Gasteiger partial charge in [-0.15, -0.1) is 10.2 Å². The Morgan fingerprint density at radius 2 is 2.20 bits per heavy atom. The largest absolute Gasteiger partial charge is 0.461 e. The van der Waals surface area contributed by atoms with Crippen LogP contribution in [0, 0.1) is 13.8 Å². The highest BCUT2D eigenvalue weighted by atomic mass is 32.1. The number of hydrogen-bond acceptors (Lipinski definition) is 7. The minimum atomic E-state index is -0.473. The molecule has 0 radical (unpaired) electrons. The molecule has 0 aromatic carbocycles. The van der Waals surface area contributed by atoms with Gasteiger partial charge in [0.2, 0.25) is 5.13 Å². The molecule has 8 nitrogen and oxygen atoms in total. The van der Waals surface area contributed by atoms with Crippen molar-refractivity contribution in [2.24, 2.45) is 0 Å². The lowest BCUT2D eigenvalue weighted by atomic mass is 10.1. The van der Waals surface area contributed by atoms with Crippen LogP contribution >= 0.6 is 11.3 Å². The second kappa shape index (κ2) is 7.32. The fourth-order valence-corrected chi connectivity index (χ4v) is 3.67. The number of ether oxygens (including phenoxy) is 2. The van der Waals surface area contributed by atoms with Crippen molar-refractivity contribution in [3.63, 3.8) is 0 Å². The molecule has 134 valence electrons. The maximum Gasteiger partial charge on any atom is 0.355 e. The first-order chi connectivity index (χ1) is 12.0. The number of carbonyl (C=O) groups excluding carboxylic acids is 2. The van der Waals surface area contributed by atoms with Crippen LogP contribution in [0.1, 0.15) is 63.0 Å². The summed E-state index contributed by atoms with van der Waals surface area (Å²) in [4.78, 5) is 27.5. The molecule has 0 bridgehead atoms. The molecule has 1 amide bonds. The molecule has 1 aliphatic rings. The van der Waals surface area contributed by atoms with Gasteiger partial charge in [-0.1, -0.05) is 11.3 Å². The molecule has 2 aromatic rings. The first kappa shape index (κ1) is 17.6. The molecule has 0 spiro atoms. The van der Waals surface area contributed by atoms with Crippen molar-refractivity contribution in [1.29, 1.82) is 0 Å². The predicted molar refractivity (Wildman–Crippen MR) is 92.0 cm³/mol. The standard InChI is InChI=1S/C16H20N4O4S/c1-4-23-15(22)12-8(2)11(9(3)17-12)13(21)18-16-20-19-14(25-16)10-6-5-7-24-10/h10,17H,4-7H2,1-3H3,(H,18,20,21). The van der Waals surface area contributed by atoms with Crippen LogP contribution in [0.4, 0.5) is 5.13 Å². The van der Waals surface area contributed by atoms with E-state index in [9.17, 15) is 9.59 Å². The quantitative estimate of drug-likeness (QED) is 0.790. The van der Waals surface area contributed by atoms with Crippen LogP contribution in [0.5, 0.6) is 0 Å². The van der Waals surface area contributed by atoms with Gasteiger partial charge in [0.15, 0.2) is 0 Å². The summed E-state index contributed by atoms with van der Waals surface area (Å²) in [5, 5.41) is 12.0. The van der Waals surface area contributed by atoms with E-state index in [0.717, 1.165) is 24.5 Å². The number of aryl methyl sites for hydroxylation is 1. The summed E-state index contributed by atoms with van der Waals surface area (Å²) in [6.45, 7) is 6.18. The molecule has 9 heteroatoms. The number of H-pyrrole nitrogens is 1. The molecule has 1 unspecified atom stereocenters. The lowest BCUT2D eigenvalue weighted by Crippen LogP contribution is -2.14. The second-order valence-electron chi connectivity index (χ2n) is 5.75. The predicted octanol–water partition coefficient (Wildman–Crippen LogP) is 2.76. The number of nitrogens with zero attached hydrogens (tertiary/aromatic N) is 2. The van der Waals surface area contributed by atoms with Gasteiger partial charge in [-0.2, -0.15) is 0 Å². The first-order valence-corrected chi connectivity index (χ1v) is 8.95. The fourth-order valence-electron chi connectivity index (χ4n) is 2.85. The van der Waals surface area contributed by atoms with Gasteiger partial charge in [-0.3, -0.25) is 10.1 Å². The number of aromatic amines is 1. The second-order valence-corrected chi connectivity index (χ2v) is 6.76. The van der Waals surface area contributed by atoms with E-state index in [1.165, 1.54) is 11.3 Å². The van der Waals surface area contributed by atoms with Gasteiger partial charge < -0.3 is 14.5 Å². The summed E-state index contributed by atoms with van der Waals surface area (Å²) in [6.07, 6.45) is 1.89. The van der Waals surface area contributed by atoms with E-state index in [-0.39, 0.29) is 18.6 Å². The average Bonchev–Trinajstić information content (AvgIpc) is 3.27. The zero-order valence-electron chi connectivity index (χ0n) is 14.3. The van der Waals surface area contributed by atoms with E-state index in [0.29, 0.717) is 27.6 Å². The zero-order chi connectivity index (χ0) is 18.0. The Bertz CT molecular complexity index is 792. The van der Waals surface area contributed by atoms with Crippen molar-refractivity contribution in [1.82, 2.24) is 15.2 Å². The Balaban J connectivity index is 1.76. The van der Waals surface area contributed by atoms with Crippen LogP contribution in [0.2, 0.25) is 0 Å². The maximum atomic E-state index is 12.6. The SMILES string of the molecule is CCOC(=O)c1[nH]c(C)c(C(=O)Nc2nnc(C3CCCO3)s2)c1C. The Kier molecular flexibility index (Phi) is 5.14. The molecule has 2 aromatic heterocycles. The number of rotatable bonds is 5. The van der Waals surface area contributed by atoms with E-state index >= 15 is 0 Å². The van der Waals surface area contributed by atoms with Crippen LogP contribution in [-0.2, 0) is 9.47 Å². The Labute approximate surface area is 148 Å². The van der Waals surface area contributed by atoms with Crippen molar-refractivity contribution in [2.45, 2.75) is 39.7 Å². The topological polar surface area (TPSA) is 106 Å². The summed E-state index contributed by atoms with van der Waals surface area (Å²) in [5.74, 6) is -0.810. The minimum absolute atomic E-state index is 0.0331. The third-order valence-corrected chi connectivity index (χ3v) is 4.94. The molecule has 25 heavy (non-hydrogen) atoms. The summed E-state index contributed by atoms with van der Waals surface area (Å²) >= 11 is 1.31. The van der Waals surface area contributed by atoms with Gasteiger partial charge >= 0.3 is 5.97 Å². The van der Waals surface area contributed by atoms with Crippen molar-refractivity contribution < 1.29 is 19.1 Å². The number of hydrogen-bond donors (Lipinski definition) is 2. The van der Waals surface area contributed by atoms with E-state index in [1.54, 1.807) is 20.8 Å². The summed E-state index contributed by atoms with van der Waals surface area (Å²) < 4.78 is 10.6. The summed E-state index contributed by atoms with van der Waals surface area (Å²) in [5.41, 5.74) is 1.86. The minimum Gasteiger partial charge on any atom is -0.461 e. The summed E-state index contributed by atoms with van der Waals surface area (Å²) in [7, 11) is 0. The van der Waals surface area contributed by atoms with Gasteiger partial charge in [0, 0.05) is 12.3 Å². The Morgan fingerprint density at radius 3 is 2.88 bits per heavy atom. The Hall–Kier alpha value is -2.26. The van der Waals surface area contributed by atoms with Crippen LogP contribution < -0.4 is 5.32 Å². The van der Waals surface area contributed by atoms with Crippen molar-refractivity contribution in [2.75, 3.05) is 18.5 Å². The lowest BCUT2D eigenvalue weighted by molar-refractivity contribution is 0.0519. The van der Waals surface area contributed by atoms with E-state index in [2.05, 4.69) is 20.5 Å². The van der Waals surface area contributed by atoms with Crippen LogP contribution in [0.25, 0.3) is 0 Å². The lowest BCUT2D eigenvalue weighted by Gasteiger charge is -2.04. The molecule has 1 saturated heterocycles. The highest BCUT2D eigenvalue weighted by Gasteiger charge is 2.25. The molecule has 1 aliphatic heterocycles. The van der Waals surface area contributed by atoms with Crippen molar-refractivity contribution >= 4 is 28.3 Å². The third-order valence-electron chi connectivity index (χ3n) is 4.01. The maximum absolute atomic E-state index is 12.6. The molecule has 0 saturated carbocycles. The molecule has 3 heterocycles. The smallest absolute Gasteiger partial charge is 0.355 e. The van der Waals surface area contributed by atoms with Gasteiger partial charge in [-0.05, 0) is 39.2 Å². The van der Waals surface area contributed by atoms with Crippen LogP contribution in [-0.4, -0.2) is 40.3 Å².